The molecule has 4 nitrogen and oxygen atoms in total. The van der Waals surface area contributed by atoms with E-state index in [4.69, 9.17) is 9.40 Å². The van der Waals surface area contributed by atoms with Crippen LogP contribution in [0.3, 0.4) is 0 Å². The standard InChI is InChI=1S/C14H16BrN3O/c1-2-18(9-11-4-3-7-19-11)13-8-12(15)16-14(17-13)10-5-6-10/h3-4,7-8,10H,2,5-6,9H2,1H3. The molecular formula is C14H16BrN3O. The van der Waals surface area contributed by atoms with Crippen molar-refractivity contribution < 1.29 is 4.42 Å². The van der Waals surface area contributed by atoms with Crippen LogP contribution in [-0.4, -0.2) is 16.5 Å². The lowest BCUT2D eigenvalue weighted by atomic mass is 10.3. The molecule has 0 bridgehead atoms. The second-order valence-electron chi connectivity index (χ2n) is 4.77. The van der Waals surface area contributed by atoms with Gasteiger partial charge in [-0.15, -0.1) is 0 Å². The van der Waals surface area contributed by atoms with E-state index in [-0.39, 0.29) is 0 Å². The molecule has 19 heavy (non-hydrogen) atoms. The highest BCUT2D eigenvalue weighted by Gasteiger charge is 2.27. The van der Waals surface area contributed by atoms with E-state index >= 15 is 0 Å². The minimum atomic E-state index is 0.554. The SMILES string of the molecule is CCN(Cc1ccco1)c1cc(Br)nc(C2CC2)n1. The summed E-state index contributed by atoms with van der Waals surface area (Å²) in [5.74, 6) is 3.42. The van der Waals surface area contributed by atoms with Crippen molar-refractivity contribution in [1.29, 1.82) is 0 Å². The Bertz CT molecular complexity index is 552. The fourth-order valence-electron chi connectivity index (χ4n) is 2.05. The summed E-state index contributed by atoms with van der Waals surface area (Å²) < 4.78 is 6.27. The van der Waals surface area contributed by atoms with E-state index in [1.807, 2.05) is 18.2 Å². The van der Waals surface area contributed by atoms with Gasteiger partial charge in [-0.2, -0.15) is 0 Å². The number of aromatic nitrogens is 2. The second kappa shape index (κ2) is 5.33. The third kappa shape index (κ3) is 2.97. The van der Waals surface area contributed by atoms with Gasteiger partial charge in [0.25, 0.3) is 0 Å². The molecule has 1 aliphatic carbocycles. The Morgan fingerprint density at radius 2 is 2.26 bits per heavy atom. The van der Waals surface area contributed by atoms with Crippen LogP contribution in [0.25, 0.3) is 0 Å². The molecule has 1 saturated carbocycles. The Balaban J connectivity index is 1.85. The summed E-state index contributed by atoms with van der Waals surface area (Å²) >= 11 is 3.48. The maximum atomic E-state index is 5.41. The first-order valence-corrected chi connectivity index (χ1v) is 7.37. The van der Waals surface area contributed by atoms with Crippen LogP contribution in [0.5, 0.6) is 0 Å². The Kier molecular flexibility index (Phi) is 3.55. The van der Waals surface area contributed by atoms with E-state index in [0.717, 1.165) is 35.1 Å². The predicted molar refractivity (Wildman–Crippen MR) is 77.1 cm³/mol. The molecule has 0 radical (unpaired) electrons. The molecule has 2 aromatic rings. The van der Waals surface area contributed by atoms with Gasteiger partial charge in [-0.3, -0.25) is 0 Å². The Morgan fingerprint density at radius 3 is 2.89 bits per heavy atom. The lowest BCUT2D eigenvalue weighted by Crippen LogP contribution is -2.23. The van der Waals surface area contributed by atoms with Crippen LogP contribution in [0.2, 0.25) is 0 Å². The van der Waals surface area contributed by atoms with E-state index in [1.54, 1.807) is 6.26 Å². The smallest absolute Gasteiger partial charge is 0.135 e. The van der Waals surface area contributed by atoms with Crippen LogP contribution in [0.15, 0.2) is 33.5 Å². The first-order valence-electron chi connectivity index (χ1n) is 6.58. The van der Waals surface area contributed by atoms with Gasteiger partial charge in [0.2, 0.25) is 0 Å². The molecule has 1 fully saturated rings. The molecule has 2 heterocycles. The molecule has 5 heteroatoms. The number of nitrogens with zero attached hydrogens (tertiary/aromatic N) is 3. The van der Waals surface area contributed by atoms with Crippen LogP contribution in [-0.2, 0) is 6.54 Å². The molecule has 0 N–H and O–H groups in total. The fourth-order valence-corrected chi connectivity index (χ4v) is 2.44. The van der Waals surface area contributed by atoms with E-state index in [1.165, 1.54) is 12.8 Å². The molecule has 0 saturated heterocycles. The van der Waals surface area contributed by atoms with Crippen molar-refractivity contribution in [3.63, 3.8) is 0 Å². The third-order valence-corrected chi connectivity index (χ3v) is 3.68. The molecule has 3 rings (SSSR count). The molecule has 0 amide bonds. The summed E-state index contributed by atoms with van der Waals surface area (Å²) in [7, 11) is 0. The largest absolute Gasteiger partial charge is 0.467 e. The highest BCUT2D eigenvalue weighted by molar-refractivity contribution is 9.10. The highest BCUT2D eigenvalue weighted by atomic mass is 79.9. The average Bonchev–Trinajstić information content (AvgIpc) is 3.13. The number of rotatable bonds is 5. The van der Waals surface area contributed by atoms with Crippen LogP contribution in [0, 0.1) is 0 Å². The number of furan rings is 1. The molecule has 0 unspecified atom stereocenters. The van der Waals surface area contributed by atoms with Crippen molar-refractivity contribution in [1.82, 2.24) is 9.97 Å². The Hall–Kier alpha value is -1.36. The van der Waals surface area contributed by atoms with Crippen LogP contribution >= 0.6 is 15.9 Å². The zero-order valence-corrected chi connectivity index (χ0v) is 12.4. The maximum absolute atomic E-state index is 5.41. The summed E-state index contributed by atoms with van der Waals surface area (Å²) in [6.07, 6.45) is 4.12. The van der Waals surface area contributed by atoms with Gasteiger partial charge in [-0.25, -0.2) is 9.97 Å². The molecule has 0 aliphatic heterocycles. The molecule has 1 aliphatic rings. The van der Waals surface area contributed by atoms with Crippen LogP contribution in [0.1, 0.15) is 37.3 Å². The number of hydrogen-bond donors (Lipinski definition) is 0. The average molecular weight is 322 g/mol. The summed E-state index contributed by atoms with van der Waals surface area (Å²) in [4.78, 5) is 11.3. The van der Waals surface area contributed by atoms with Crippen molar-refractivity contribution in [2.45, 2.75) is 32.2 Å². The second-order valence-corrected chi connectivity index (χ2v) is 5.59. The Morgan fingerprint density at radius 1 is 1.42 bits per heavy atom. The van der Waals surface area contributed by atoms with Crippen molar-refractivity contribution in [2.24, 2.45) is 0 Å². The van der Waals surface area contributed by atoms with E-state index in [0.29, 0.717) is 5.92 Å². The zero-order valence-electron chi connectivity index (χ0n) is 10.8. The van der Waals surface area contributed by atoms with Crippen LogP contribution in [0.4, 0.5) is 5.82 Å². The number of halogens is 1. The molecule has 0 aromatic carbocycles. The van der Waals surface area contributed by atoms with Gasteiger partial charge in [0, 0.05) is 18.5 Å². The van der Waals surface area contributed by atoms with Gasteiger partial charge in [0.1, 0.15) is 22.0 Å². The molecule has 2 aromatic heterocycles. The normalized spacial score (nSPS) is 14.6. The predicted octanol–water partition coefficient (Wildman–Crippen LogP) is 3.74. The highest BCUT2D eigenvalue weighted by Crippen LogP contribution is 2.39. The summed E-state index contributed by atoms with van der Waals surface area (Å²) in [6.45, 7) is 3.74. The van der Waals surface area contributed by atoms with Crippen molar-refractivity contribution >= 4 is 21.7 Å². The van der Waals surface area contributed by atoms with Crippen LogP contribution < -0.4 is 4.90 Å². The van der Waals surface area contributed by atoms with Crippen molar-refractivity contribution in [3.05, 3.63) is 40.7 Å². The third-order valence-electron chi connectivity index (χ3n) is 3.27. The van der Waals surface area contributed by atoms with Gasteiger partial charge >= 0.3 is 0 Å². The topological polar surface area (TPSA) is 42.2 Å². The molecule has 0 spiro atoms. The first-order chi connectivity index (χ1) is 9.26. The van der Waals surface area contributed by atoms with Gasteiger partial charge in [0.05, 0.1) is 12.8 Å². The monoisotopic (exact) mass is 321 g/mol. The lowest BCUT2D eigenvalue weighted by molar-refractivity contribution is 0.502. The fraction of sp³-hybridized carbons (Fsp3) is 0.429. The van der Waals surface area contributed by atoms with Crippen molar-refractivity contribution in [2.75, 3.05) is 11.4 Å². The van der Waals surface area contributed by atoms with Gasteiger partial charge in [-0.05, 0) is 47.8 Å². The minimum absolute atomic E-state index is 0.554. The molecule has 0 atom stereocenters. The quantitative estimate of drug-likeness (QED) is 0.787. The van der Waals surface area contributed by atoms with E-state index in [9.17, 15) is 0 Å². The zero-order chi connectivity index (χ0) is 13.2. The van der Waals surface area contributed by atoms with Crippen molar-refractivity contribution in [3.8, 4) is 0 Å². The first kappa shape index (κ1) is 12.7. The molecular weight excluding hydrogens is 306 g/mol. The van der Waals surface area contributed by atoms with Gasteiger partial charge < -0.3 is 9.32 Å². The van der Waals surface area contributed by atoms with Gasteiger partial charge in [0.15, 0.2) is 0 Å². The number of anilines is 1. The minimum Gasteiger partial charge on any atom is -0.467 e. The van der Waals surface area contributed by atoms with Gasteiger partial charge in [-0.1, -0.05) is 0 Å². The lowest BCUT2D eigenvalue weighted by Gasteiger charge is -2.21. The number of hydrogen-bond acceptors (Lipinski definition) is 4. The Labute approximate surface area is 121 Å². The van der Waals surface area contributed by atoms with E-state index in [2.05, 4.69) is 32.7 Å². The molecule has 100 valence electrons. The summed E-state index contributed by atoms with van der Waals surface area (Å²) in [6, 6.07) is 5.87. The van der Waals surface area contributed by atoms with E-state index < -0.39 is 0 Å². The maximum Gasteiger partial charge on any atom is 0.135 e. The summed E-state index contributed by atoms with van der Waals surface area (Å²) in [5, 5.41) is 0. The summed E-state index contributed by atoms with van der Waals surface area (Å²) in [5.41, 5.74) is 0.